The van der Waals surface area contributed by atoms with Crippen LogP contribution in [0.5, 0.6) is 0 Å². The molecule has 12 aromatic rings. The molecule has 0 radical (unpaired) electrons. The van der Waals surface area contributed by atoms with Crippen molar-refractivity contribution < 1.29 is 4.42 Å². The summed E-state index contributed by atoms with van der Waals surface area (Å²) >= 11 is 0. The molecule has 0 amide bonds. The molecule has 0 aliphatic carbocycles. The molecule has 3 aromatic heterocycles. The maximum atomic E-state index is 6.54. The first-order valence-electron chi connectivity index (χ1n) is 20.8. The van der Waals surface area contributed by atoms with Gasteiger partial charge >= 0.3 is 0 Å². The van der Waals surface area contributed by atoms with E-state index in [2.05, 4.69) is 211 Å². The molecule has 0 N–H and O–H groups in total. The van der Waals surface area contributed by atoms with Crippen molar-refractivity contribution in [3.63, 3.8) is 0 Å². The number of aromatic nitrogens is 4. The Hall–Kier alpha value is -8.41. The molecule has 290 valence electrons. The van der Waals surface area contributed by atoms with Gasteiger partial charge in [0.15, 0.2) is 17.5 Å². The summed E-state index contributed by atoms with van der Waals surface area (Å²) in [5.41, 5.74) is 14.6. The van der Waals surface area contributed by atoms with Crippen LogP contribution < -0.4 is 0 Å². The van der Waals surface area contributed by atoms with Crippen molar-refractivity contribution in [2.45, 2.75) is 0 Å². The molecule has 0 bridgehead atoms. The summed E-state index contributed by atoms with van der Waals surface area (Å²) in [6, 6.07) is 76.3. The summed E-state index contributed by atoms with van der Waals surface area (Å²) in [5, 5.41) is 4.60. The van der Waals surface area contributed by atoms with E-state index in [1.807, 2.05) is 12.1 Å². The second-order valence-corrected chi connectivity index (χ2v) is 15.6. The molecule has 9 aromatic carbocycles. The van der Waals surface area contributed by atoms with Gasteiger partial charge in [0.2, 0.25) is 0 Å². The quantitative estimate of drug-likeness (QED) is 0.161. The standard InChI is InChI=1S/C57H36N4O/c1-4-14-37(15-5-1)41-18-12-20-44(32-41)56-58-55(59-57(60-56)45-21-13-19-42(33-45)38-16-6-2-7-17-38)40-28-26-39(27-29-40)43-30-31-53-49(34-43)50-35-48-47-24-10-11-25-51(47)61(46-22-8-3-9-23-46)52(48)36-54(50)62-53/h1-36H. The van der Waals surface area contributed by atoms with Gasteiger partial charge < -0.3 is 8.98 Å². The van der Waals surface area contributed by atoms with Gasteiger partial charge in [0.05, 0.1) is 11.0 Å². The number of rotatable bonds is 7. The maximum absolute atomic E-state index is 6.54. The Morgan fingerprint density at radius 3 is 1.39 bits per heavy atom. The minimum atomic E-state index is 0.613. The fraction of sp³-hybridized carbons (Fsp3) is 0. The lowest BCUT2D eigenvalue weighted by Crippen LogP contribution is -2.00. The van der Waals surface area contributed by atoms with E-state index in [-0.39, 0.29) is 0 Å². The topological polar surface area (TPSA) is 56.7 Å². The van der Waals surface area contributed by atoms with Crippen molar-refractivity contribution in [3.8, 4) is 73.2 Å². The average molecular weight is 793 g/mol. The maximum Gasteiger partial charge on any atom is 0.164 e. The smallest absolute Gasteiger partial charge is 0.164 e. The second-order valence-electron chi connectivity index (χ2n) is 15.6. The van der Waals surface area contributed by atoms with Crippen molar-refractivity contribution in [2.24, 2.45) is 0 Å². The minimum Gasteiger partial charge on any atom is -0.456 e. The zero-order valence-corrected chi connectivity index (χ0v) is 33.5. The van der Waals surface area contributed by atoms with Crippen molar-refractivity contribution in [3.05, 3.63) is 218 Å². The van der Waals surface area contributed by atoms with Crippen molar-refractivity contribution in [1.82, 2.24) is 19.5 Å². The summed E-state index contributed by atoms with van der Waals surface area (Å²) < 4.78 is 8.87. The fourth-order valence-corrected chi connectivity index (χ4v) is 8.79. The Morgan fingerprint density at radius 2 is 0.742 bits per heavy atom. The van der Waals surface area contributed by atoms with Crippen molar-refractivity contribution in [1.29, 1.82) is 0 Å². The highest BCUT2D eigenvalue weighted by molar-refractivity contribution is 6.17. The molecule has 0 unspecified atom stereocenters. The van der Waals surface area contributed by atoms with Crippen LogP contribution in [0.2, 0.25) is 0 Å². The van der Waals surface area contributed by atoms with Crippen LogP contribution in [0.15, 0.2) is 223 Å². The van der Waals surface area contributed by atoms with Crippen LogP contribution in [-0.4, -0.2) is 19.5 Å². The van der Waals surface area contributed by atoms with E-state index in [9.17, 15) is 0 Å². The van der Waals surface area contributed by atoms with Crippen LogP contribution in [0.25, 0.3) is 117 Å². The Kier molecular flexibility index (Phi) is 8.42. The van der Waals surface area contributed by atoms with Gasteiger partial charge in [0.25, 0.3) is 0 Å². The molecule has 3 heterocycles. The van der Waals surface area contributed by atoms with Crippen LogP contribution >= 0.6 is 0 Å². The predicted molar refractivity (Wildman–Crippen MR) is 254 cm³/mol. The summed E-state index contributed by atoms with van der Waals surface area (Å²) in [4.78, 5) is 15.3. The van der Waals surface area contributed by atoms with Crippen LogP contribution in [-0.2, 0) is 0 Å². The third-order valence-corrected chi connectivity index (χ3v) is 11.8. The van der Waals surface area contributed by atoms with Gasteiger partial charge in [0, 0.05) is 50.0 Å². The number of furan rings is 1. The first-order valence-corrected chi connectivity index (χ1v) is 20.8. The normalized spacial score (nSPS) is 11.5. The highest BCUT2D eigenvalue weighted by atomic mass is 16.3. The van der Waals surface area contributed by atoms with Crippen molar-refractivity contribution >= 4 is 43.7 Å². The Bertz CT molecular complexity index is 3510. The minimum absolute atomic E-state index is 0.613. The fourth-order valence-electron chi connectivity index (χ4n) is 8.79. The van der Waals surface area contributed by atoms with E-state index in [0.717, 1.165) is 83.2 Å². The number of para-hydroxylation sites is 2. The average Bonchev–Trinajstić information content (AvgIpc) is 3.88. The van der Waals surface area contributed by atoms with E-state index in [0.29, 0.717) is 17.5 Å². The zero-order valence-electron chi connectivity index (χ0n) is 33.5. The Balaban J connectivity index is 0.944. The Labute approximate surface area is 357 Å². The number of benzene rings is 9. The number of nitrogens with zero attached hydrogens (tertiary/aromatic N) is 4. The van der Waals surface area contributed by atoms with E-state index < -0.39 is 0 Å². The van der Waals surface area contributed by atoms with E-state index in [1.165, 1.54) is 16.3 Å². The molecule has 62 heavy (non-hydrogen) atoms. The molecule has 0 aliphatic heterocycles. The van der Waals surface area contributed by atoms with Gasteiger partial charge in [0.1, 0.15) is 11.2 Å². The van der Waals surface area contributed by atoms with E-state index in [1.54, 1.807) is 0 Å². The molecular formula is C57H36N4O. The summed E-state index contributed by atoms with van der Waals surface area (Å²) in [6.07, 6.45) is 0. The largest absolute Gasteiger partial charge is 0.456 e. The summed E-state index contributed by atoms with van der Waals surface area (Å²) in [5.74, 6) is 1.85. The van der Waals surface area contributed by atoms with Gasteiger partial charge in [-0.15, -0.1) is 0 Å². The molecule has 0 atom stereocenters. The lowest BCUT2D eigenvalue weighted by molar-refractivity contribution is 0.669. The Morgan fingerprint density at radius 1 is 0.274 bits per heavy atom. The van der Waals surface area contributed by atoms with Gasteiger partial charge in [-0.2, -0.15) is 0 Å². The molecule has 0 saturated heterocycles. The first-order chi connectivity index (χ1) is 30.7. The molecule has 0 aliphatic rings. The van der Waals surface area contributed by atoms with Crippen LogP contribution in [0, 0.1) is 0 Å². The molecule has 12 rings (SSSR count). The SMILES string of the molecule is c1ccc(-c2cccc(-c3nc(-c4ccc(-c5ccc6oc7cc8c(cc7c6c5)c5ccccc5n8-c5ccccc5)cc4)nc(-c4cccc(-c5ccccc5)c4)n3)c2)cc1. The lowest BCUT2D eigenvalue weighted by Gasteiger charge is -2.11. The second kappa shape index (κ2) is 14.7. The number of hydrogen-bond donors (Lipinski definition) is 0. The molecular weight excluding hydrogens is 757 g/mol. The van der Waals surface area contributed by atoms with Gasteiger partial charge in [-0.25, -0.2) is 15.0 Å². The lowest BCUT2D eigenvalue weighted by atomic mass is 10.0. The zero-order chi connectivity index (χ0) is 41.0. The molecule has 5 heteroatoms. The van der Waals surface area contributed by atoms with Gasteiger partial charge in [-0.1, -0.05) is 164 Å². The van der Waals surface area contributed by atoms with E-state index in [4.69, 9.17) is 19.4 Å². The van der Waals surface area contributed by atoms with Crippen LogP contribution in [0.1, 0.15) is 0 Å². The molecule has 0 fully saturated rings. The molecule has 0 saturated carbocycles. The number of hydrogen-bond acceptors (Lipinski definition) is 4. The monoisotopic (exact) mass is 792 g/mol. The van der Waals surface area contributed by atoms with Gasteiger partial charge in [-0.05, 0) is 81.9 Å². The first kappa shape index (κ1) is 35.5. The predicted octanol–water partition coefficient (Wildman–Crippen LogP) is 14.9. The van der Waals surface area contributed by atoms with Gasteiger partial charge in [-0.3, -0.25) is 0 Å². The van der Waals surface area contributed by atoms with E-state index >= 15 is 0 Å². The molecule has 0 spiro atoms. The van der Waals surface area contributed by atoms with Crippen LogP contribution in [0.4, 0.5) is 0 Å². The third kappa shape index (κ3) is 6.23. The third-order valence-electron chi connectivity index (χ3n) is 11.8. The van der Waals surface area contributed by atoms with Crippen molar-refractivity contribution in [2.75, 3.05) is 0 Å². The summed E-state index contributed by atoms with van der Waals surface area (Å²) in [6.45, 7) is 0. The van der Waals surface area contributed by atoms with Crippen LogP contribution in [0.3, 0.4) is 0 Å². The highest BCUT2D eigenvalue weighted by Crippen LogP contribution is 2.40. The molecule has 5 nitrogen and oxygen atoms in total. The number of fused-ring (bicyclic) bond motifs is 6. The summed E-state index contributed by atoms with van der Waals surface area (Å²) in [7, 11) is 0. The highest BCUT2D eigenvalue weighted by Gasteiger charge is 2.18.